The van der Waals surface area contributed by atoms with Crippen LogP contribution in [-0.4, -0.2) is 50.7 Å². The van der Waals surface area contributed by atoms with Gasteiger partial charge in [0, 0.05) is 13.5 Å². The van der Waals surface area contributed by atoms with Crippen molar-refractivity contribution in [2.75, 3.05) is 13.7 Å². The minimum absolute atomic E-state index is 0.554. The Morgan fingerprint density at radius 2 is 2.19 bits per heavy atom. The number of rotatable bonds is 7. The summed E-state index contributed by atoms with van der Waals surface area (Å²) in [5, 5.41) is 28.4. The molecule has 0 spiro atoms. The van der Waals surface area contributed by atoms with E-state index in [0.717, 1.165) is 7.11 Å². The molecule has 0 saturated carbocycles. The van der Waals surface area contributed by atoms with E-state index in [1.807, 2.05) is 0 Å². The van der Waals surface area contributed by atoms with Crippen LogP contribution in [0, 0.1) is 10.1 Å². The molecule has 0 amide bonds. The van der Waals surface area contributed by atoms with Gasteiger partial charge in [0.1, 0.15) is 18.5 Å². The highest BCUT2D eigenvalue weighted by molar-refractivity contribution is 5.20. The topological polar surface area (TPSA) is 148 Å². The summed E-state index contributed by atoms with van der Waals surface area (Å²) in [6, 6.07) is 0. The monoisotopic (exact) mass is 307 g/mol. The molecule has 11 heteroatoms. The lowest BCUT2D eigenvalue weighted by atomic mass is 10.1. The number of hydrogen-bond acceptors (Lipinski definition) is 7. The predicted molar refractivity (Wildman–Crippen MR) is 66.6 cm³/mol. The summed E-state index contributed by atoms with van der Waals surface area (Å²) in [4.78, 5) is 34.2. The van der Waals surface area contributed by atoms with Crippen molar-refractivity contribution in [3.8, 4) is 0 Å². The second kappa shape index (κ2) is 7.06. The van der Waals surface area contributed by atoms with Crippen molar-refractivity contribution in [3.63, 3.8) is 0 Å². The van der Waals surface area contributed by atoms with Gasteiger partial charge in [0.2, 0.25) is 0 Å². The van der Waals surface area contributed by atoms with Crippen LogP contribution < -0.4 is 11.2 Å². The second-order valence-corrected chi connectivity index (χ2v) is 4.13. The number of aliphatic hydroxyl groups excluding tert-OH is 2. The van der Waals surface area contributed by atoms with E-state index >= 15 is 0 Å². The van der Waals surface area contributed by atoms with Crippen molar-refractivity contribution in [1.29, 1.82) is 0 Å². The van der Waals surface area contributed by atoms with Gasteiger partial charge in [-0.2, -0.15) is 0 Å². The van der Waals surface area contributed by atoms with Crippen LogP contribution in [0.25, 0.3) is 0 Å². The van der Waals surface area contributed by atoms with Gasteiger partial charge in [-0.3, -0.25) is 24.5 Å². The van der Waals surface area contributed by atoms with E-state index in [1.165, 1.54) is 0 Å². The standard InChI is InChI=1S/C10H14FN3O7/c1-21-8(2-5(11)7(16)4-15)13-3-6(14(19)20)9(17)12-10(13)18/h3,5,7-8,15-16H,2,4H2,1H3,(H,12,17,18)/t5-,7+,8?/m0/s1. The smallest absolute Gasteiger partial charge is 0.350 e. The van der Waals surface area contributed by atoms with Gasteiger partial charge >= 0.3 is 16.9 Å². The normalized spacial score (nSPS) is 15.4. The van der Waals surface area contributed by atoms with Crippen molar-refractivity contribution in [2.45, 2.75) is 24.9 Å². The number of alkyl halides is 1. The van der Waals surface area contributed by atoms with E-state index in [9.17, 15) is 24.1 Å². The lowest BCUT2D eigenvalue weighted by Gasteiger charge is -2.21. The number of nitrogens with zero attached hydrogens (tertiary/aromatic N) is 2. The minimum atomic E-state index is -1.93. The maximum Gasteiger partial charge on any atom is 0.350 e. The van der Waals surface area contributed by atoms with Crippen LogP contribution in [0.3, 0.4) is 0 Å². The molecule has 0 radical (unpaired) electrons. The third kappa shape index (κ3) is 3.93. The number of hydrogen-bond donors (Lipinski definition) is 3. The zero-order valence-electron chi connectivity index (χ0n) is 10.9. The summed E-state index contributed by atoms with van der Waals surface area (Å²) in [5.74, 6) is 0. The average molecular weight is 307 g/mol. The molecule has 0 saturated heterocycles. The summed E-state index contributed by atoms with van der Waals surface area (Å²) < 4.78 is 19.1. The lowest BCUT2D eigenvalue weighted by molar-refractivity contribution is -0.387. The number of methoxy groups -OCH3 is 1. The van der Waals surface area contributed by atoms with E-state index in [0.29, 0.717) is 10.8 Å². The number of aromatic nitrogens is 2. The Morgan fingerprint density at radius 1 is 1.57 bits per heavy atom. The molecule has 1 unspecified atom stereocenters. The zero-order chi connectivity index (χ0) is 16.2. The molecule has 0 aliphatic rings. The Hall–Kier alpha value is -2.11. The van der Waals surface area contributed by atoms with Crippen LogP contribution in [0.4, 0.5) is 10.1 Å². The van der Waals surface area contributed by atoms with Gasteiger partial charge in [-0.1, -0.05) is 0 Å². The first kappa shape index (κ1) is 16.9. The fourth-order valence-corrected chi connectivity index (χ4v) is 1.61. The van der Waals surface area contributed by atoms with Crippen molar-refractivity contribution < 1.29 is 24.3 Å². The highest BCUT2D eigenvalue weighted by atomic mass is 19.1. The SMILES string of the molecule is COC(C[C@H](F)[C@H](O)CO)n1cc([N+](=O)[O-])c(=O)[nH]c1=O. The van der Waals surface area contributed by atoms with Crippen LogP contribution in [0.15, 0.2) is 15.8 Å². The molecule has 1 aromatic heterocycles. The number of aromatic amines is 1. The number of H-pyrrole nitrogens is 1. The highest BCUT2D eigenvalue weighted by Gasteiger charge is 2.26. The van der Waals surface area contributed by atoms with Gasteiger partial charge in [-0.25, -0.2) is 9.18 Å². The number of nitrogens with one attached hydrogen (secondary N) is 1. The molecule has 0 aliphatic carbocycles. The van der Waals surface area contributed by atoms with Crippen molar-refractivity contribution in [3.05, 3.63) is 37.1 Å². The van der Waals surface area contributed by atoms with Crippen molar-refractivity contribution in [1.82, 2.24) is 9.55 Å². The first-order valence-electron chi connectivity index (χ1n) is 5.77. The Kier molecular flexibility index (Phi) is 5.69. The number of nitro groups is 1. The molecule has 10 nitrogen and oxygen atoms in total. The van der Waals surface area contributed by atoms with Gasteiger partial charge in [-0.05, 0) is 0 Å². The highest BCUT2D eigenvalue weighted by Crippen LogP contribution is 2.18. The first-order chi connectivity index (χ1) is 9.81. The summed E-state index contributed by atoms with van der Waals surface area (Å²) in [7, 11) is 1.12. The molecule has 0 aromatic carbocycles. The molecule has 3 N–H and O–H groups in total. The van der Waals surface area contributed by atoms with Gasteiger partial charge in [0.25, 0.3) is 0 Å². The summed E-state index contributed by atoms with van der Waals surface area (Å²) >= 11 is 0. The van der Waals surface area contributed by atoms with E-state index in [4.69, 9.17) is 14.9 Å². The molecule has 1 heterocycles. The average Bonchev–Trinajstić information content (AvgIpc) is 2.43. The van der Waals surface area contributed by atoms with Gasteiger partial charge in [-0.15, -0.1) is 0 Å². The zero-order valence-corrected chi connectivity index (χ0v) is 10.9. The number of halogens is 1. The molecule has 1 aromatic rings. The molecule has 1 rings (SSSR count). The van der Waals surface area contributed by atoms with Gasteiger partial charge in [0.05, 0.1) is 17.7 Å². The first-order valence-corrected chi connectivity index (χ1v) is 5.77. The van der Waals surface area contributed by atoms with Crippen LogP contribution in [0.1, 0.15) is 12.6 Å². The largest absolute Gasteiger partial charge is 0.394 e. The van der Waals surface area contributed by atoms with Gasteiger partial charge < -0.3 is 14.9 Å². The molecule has 0 bridgehead atoms. The lowest BCUT2D eigenvalue weighted by Crippen LogP contribution is -2.36. The van der Waals surface area contributed by atoms with Crippen LogP contribution in [0.2, 0.25) is 0 Å². The Morgan fingerprint density at radius 3 is 2.67 bits per heavy atom. The van der Waals surface area contributed by atoms with Crippen LogP contribution >= 0.6 is 0 Å². The van der Waals surface area contributed by atoms with E-state index in [2.05, 4.69) is 0 Å². The second-order valence-electron chi connectivity index (χ2n) is 4.13. The molecule has 0 fully saturated rings. The van der Waals surface area contributed by atoms with Crippen LogP contribution in [-0.2, 0) is 4.74 Å². The third-order valence-electron chi connectivity index (χ3n) is 2.76. The van der Waals surface area contributed by atoms with Gasteiger partial charge in [0.15, 0.2) is 0 Å². The van der Waals surface area contributed by atoms with E-state index in [-0.39, 0.29) is 0 Å². The third-order valence-corrected chi connectivity index (χ3v) is 2.76. The maximum atomic E-state index is 13.6. The molecular weight excluding hydrogens is 293 g/mol. The maximum absolute atomic E-state index is 13.6. The minimum Gasteiger partial charge on any atom is -0.394 e. The fraction of sp³-hybridized carbons (Fsp3) is 0.600. The van der Waals surface area contributed by atoms with Crippen LogP contribution in [0.5, 0.6) is 0 Å². The quantitative estimate of drug-likeness (QED) is 0.417. The molecular formula is C10H14FN3O7. The van der Waals surface area contributed by atoms with E-state index in [1.54, 1.807) is 4.98 Å². The van der Waals surface area contributed by atoms with Crippen molar-refractivity contribution in [2.24, 2.45) is 0 Å². The Bertz CT molecular complexity index is 613. The molecule has 3 atom stereocenters. The molecule has 21 heavy (non-hydrogen) atoms. The predicted octanol–water partition coefficient (Wildman–Crippen LogP) is -1.33. The molecule has 118 valence electrons. The summed E-state index contributed by atoms with van der Waals surface area (Å²) in [6.45, 7) is -0.835. The Labute approximate surface area is 116 Å². The molecule has 0 aliphatic heterocycles. The summed E-state index contributed by atoms with van der Waals surface area (Å²) in [6.07, 6.45) is -4.84. The van der Waals surface area contributed by atoms with E-state index < -0.39 is 53.4 Å². The number of ether oxygens (including phenoxy) is 1. The fourth-order valence-electron chi connectivity index (χ4n) is 1.61. The number of aliphatic hydroxyl groups is 2. The summed E-state index contributed by atoms with van der Waals surface area (Å²) in [5.41, 5.74) is -3.12. The van der Waals surface area contributed by atoms with Crippen molar-refractivity contribution >= 4 is 5.69 Å². The Balaban J connectivity index is 3.17.